The van der Waals surface area contributed by atoms with Crippen LogP contribution < -0.4 is 10.9 Å². The molecule has 0 spiro atoms. The lowest BCUT2D eigenvalue weighted by atomic mass is 9.49. The molecular weight excluding hydrogens is 343 g/mol. The Balaban J connectivity index is 1.13. The van der Waals surface area contributed by atoms with Crippen LogP contribution in [0.25, 0.3) is 0 Å². The molecule has 4 bridgehead atoms. The second-order valence-corrected chi connectivity index (χ2v) is 9.60. The van der Waals surface area contributed by atoms with Gasteiger partial charge in [0, 0.05) is 12.3 Å². The summed E-state index contributed by atoms with van der Waals surface area (Å²) in [5, 5.41) is 0. The van der Waals surface area contributed by atoms with E-state index in [0.29, 0.717) is 18.4 Å². The predicted molar refractivity (Wildman–Crippen MR) is 98.8 cm³/mol. The van der Waals surface area contributed by atoms with Gasteiger partial charge in [-0.05, 0) is 85.7 Å². The molecule has 2 N–H and O–H groups in total. The highest BCUT2D eigenvalue weighted by atomic mass is 19.1. The van der Waals surface area contributed by atoms with E-state index in [4.69, 9.17) is 0 Å². The van der Waals surface area contributed by atoms with Crippen LogP contribution in [0, 0.1) is 34.9 Å². The van der Waals surface area contributed by atoms with Crippen LogP contribution in [-0.2, 0) is 9.59 Å². The number of hydrogen-bond acceptors (Lipinski definition) is 2. The second kappa shape index (κ2) is 6.32. The summed E-state index contributed by atoms with van der Waals surface area (Å²) in [5.74, 6) is 1.57. The van der Waals surface area contributed by atoms with Gasteiger partial charge in [-0.2, -0.15) is 0 Å². The van der Waals surface area contributed by atoms with Crippen molar-refractivity contribution in [2.24, 2.45) is 29.1 Å². The monoisotopic (exact) mass is 370 g/mol. The van der Waals surface area contributed by atoms with Crippen LogP contribution >= 0.6 is 0 Å². The molecule has 144 valence electrons. The Hall–Kier alpha value is -1.91. The highest BCUT2D eigenvalue weighted by molar-refractivity contribution is 5.86. The minimum Gasteiger partial charge on any atom is -0.273 e. The van der Waals surface area contributed by atoms with E-state index in [-0.39, 0.29) is 34.9 Å². The number of carbonyl (C=O) groups excluding carboxylic acids is 2. The van der Waals surface area contributed by atoms with Crippen molar-refractivity contribution in [2.45, 2.75) is 57.3 Å². The summed E-state index contributed by atoms with van der Waals surface area (Å²) in [4.78, 5) is 24.8. The van der Waals surface area contributed by atoms with Crippen molar-refractivity contribution in [2.75, 3.05) is 0 Å². The van der Waals surface area contributed by atoms with Gasteiger partial charge in [-0.25, -0.2) is 4.39 Å². The Morgan fingerprint density at radius 3 is 2.22 bits per heavy atom. The quantitative estimate of drug-likeness (QED) is 0.795. The number of benzene rings is 1. The molecule has 0 radical (unpaired) electrons. The fraction of sp³-hybridized carbons (Fsp3) is 0.636. The maximum atomic E-state index is 13.8. The fourth-order valence-corrected chi connectivity index (χ4v) is 6.72. The van der Waals surface area contributed by atoms with E-state index < -0.39 is 0 Å². The Bertz CT molecular complexity index is 742. The molecule has 0 aliphatic heterocycles. The average Bonchev–Trinajstić information content (AvgIpc) is 3.39. The molecule has 2 atom stereocenters. The topological polar surface area (TPSA) is 58.2 Å². The van der Waals surface area contributed by atoms with E-state index in [1.54, 1.807) is 18.2 Å². The summed E-state index contributed by atoms with van der Waals surface area (Å²) >= 11 is 0. The lowest BCUT2D eigenvalue weighted by molar-refractivity contribution is -0.134. The summed E-state index contributed by atoms with van der Waals surface area (Å²) in [6.45, 7) is 0. The van der Waals surface area contributed by atoms with Crippen LogP contribution in [0.1, 0.15) is 62.8 Å². The van der Waals surface area contributed by atoms with Gasteiger partial charge in [0.2, 0.25) is 11.8 Å². The van der Waals surface area contributed by atoms with Gasteiger partial charge in [-0.3, -0.25) is 20.4 Å². The highest BCUT2D eigenvalue weighted by Gasteiger charge is 2.51. The number of hydrogen-bond donors (Lipinski definition) is 2. The smallest absolute Gasteiger partial charge is 0.242 e. The van der Waals surface area contributed by atoms with Crippen molar-refractivity contribution < 1.29 is 14.0 Å². The van der Waals surface area contributed by atoms with E-state index >= 15 is 0 Å². The zero-order valence-corrected chi connectivity index (χ0v) is 15.5. The molecule has 1 aromatic carbocycles. The predicted octanol–water partition coefficient (Wildman–Crippen LogP) is 3.68. The first-order valence-electron chi connectivity index (χ1n) is 10.3. The van der Waals surface area contributed by atoms with Crippen molar-refractivity contribution in [3.63, 3.8) is 0 Å². The number of halogens is 1. The third-order valence-electron chi connectivity index (χ3n) is 7.46. The van der Waals surface area contributed by atoms with Crippen LogP contribution in [-0.4, -0.2) is 11.8 Å². The molecule has 2 amide bonds. The van der Waals surface area contributed by atoms with E-state index in [1.807, 2.05) is 0 Å². The zero-order valence-electron chi connectivity index (χ0n) is 15.5. The molecule has 4 nitrogen and oxygen atoms in total. The highest BCUT2D eigenvalue weighted by Crippen LogP contribution is 2.61. The molecule has 5 heteroatoms. The summed E-state index contributed by atoms with van der Waals surface area (Å²) < 4.78 is 13.8. The number of hydrazine groups is 1. The summed E-state index contributed by atoms with van der Waals surface area (Å²) in [5.41, 5.74) is 5.98. The zero-order chi connectivity index (χ0) is 18.6. The Morgan fingerprint density at radius 1 is 0.963 bits per heavy atom. The molecule has 5 aliphatic rings. The minimum atomic E-state index is -0.261. The van der Waals surface area contributed by atoms with Crippen LogP contribution in [0.5, 0.6) is 0 Å². The lowest BCUT2D eigenvalue weighted by Crippen LogP contribution is -2.50. The third kappa shape index (κ3) is 3.26. The first-order chi connectivity index (χ1) is 13.0. The average molecular weight is 370 g/mol. The van der Waals surface area contributed by atoms with Gasteiger partial charge in [0.1, 0.15) is 5.82 Å². The Kier molecular flexibility index (Phi) is 4.03. The molecular formula is C22H27FN2O2. The molecule has 2 unspecified atom stereocenters. The standard InChI is InChI=1S/C22H27FN2O2/c23-19-4-2-1-3-16(19)17-8-18(17)21(27)25-24-20(26)12-22-9-13-5-14(10-22)7-15(6-13)11-22/h1-4,13-15,17-18H,5-12H2,(H,24,26)(H,25,27). The van der Waals surface area contributed by atoms with Crippen molar-refractivity contribution >= 4 is 11.8 Å². The van der Waals surface area contributed by atoms with E-state index in [1.165, 1.54) is 44.6 Å². The first kappa shape index (κ1) is 17.2. The maximum absolute atomic E-state index is 13.8. The molecule has 27 heavy (non-hydrogen) atoms. The van der Waals surface area contributed by atoms with Crippen molar-refractivity contribution in [1.29, 1.82) is 0 Å². The molecule has 0 saturated heterocycles. The fourth-order valence-electron chi connectivity index (χ4n) is 6.72. The molecule has 1 aromatic rings. The van der Waals surface area contributed by atoms with Crippen molar-refractivity contribution in [3.05, 3.63) is 35.6 Å². The molecule has 0 heterocycles. The van der Waals surface area contributed by atoms with E-state index in [2.05, 4.69) is 10.9 Å². The van der Waals surface area contributed by atoms with Gasteiger partial charge >= 0.3 is 0 Å². The largest absolute Gasteiger partial charge is 0.273 e. The first-order valence-corrected chi connectivity index (χ1v) is 10.3. The number of amides is 2. The second-order valence-electron chi connectivity index (χ2n) is 9.60. The van der Waals surface area contributed by atoms with E-state index in [9.17, 15) is 14.0 Å². The maximum Gasteiger partial charge on any atom is 0.242 e. The van der Waals surface area contributed by atoms with Crippen LogP contribution in [0.3, 0.4) is 0 Å². The van der Waals surface area contributed by atoms with Crippen LogP contribution in [0.4, 0.5) is 4.39 Å². The van der Waals surface area contributed by atoms with Crippen molar-refractivity contribution in [1.82, 2.24) is 10.9 Å². The van der Waals surface area contributed by atoms with Crippen molar-refractivity contribution in [3.8, 4) is 0 Å². The van der Waals surface area contributed by atoms with Gasteiger partial charge in [0.25, 0.3) is 0 Å². The molecule has 5 fully saturated rings. The lowest BCUT2D eigenvalue weighted by Gasteiger charge is -2.56. The number of carbonyl (C=O) groups is 2. The normalized spacial score (nSPS) is 38.5. The van der Waals surface area contributed by atoms with E-state index in [0.717, 1.165) is 17.8 Å². The third-order valence-corrected chi connectivity index (χ3v) is 7.46. The van der Waals surface area contributed by atoms with Gasteiger partial charge in [0.15, 0.2) is 0 Å². The van der Waals surface area contributed by atoms with Crippen LogP contribution in [0.15, 0.2) is 24.3 Å². The summed E-state index contributed by atoms with van der Waals surface area (Å²) in [6, 6.07) is 6.61. The number of rotatable bonds is 4. The van der Waals surface area contributed by atoms with Gasteiger partial charge in [-0.15, -0.1) is 0 Å². The Labute approximate surface area is 159 Å². The molecule has 5 aliphatic carbocycles. The molecule has 0 aromatic heterocycles. The summed E-state index contributed by atoms with van der Waals surface area (Å²) in [6.07, 6.45) is 8.77. The van der Waals surface area contributed by atoms with Gasteiger partial charge < -0.3 is 0 Å². The van der Waals surface area contributed by atoms with Gasteiger partial charge in [0.05, 0.1) is 0 Å². The minimum absolute atomic E-state index is 0.0756. The molecule has 5 saturated carbocycles. The SMILES string of the molecule is O=C(CC12CC3CC(CC(C3)C1)C2)NNC(=O)C1CC1c1ccccc1F. The Morgan fingerprint density at radius 2 is 1.59 bits per heavy atom. The summed E-state index contributed by atoms with van der Waals surface area (Å²) in [7, 11) is 0. The van der Waals surface area contributed by atoms with Crippen LogP contribution in [0.2, 0.25) is 0 Å². The van der Waals surface area contributed by atoms with Gasteiger partial charge in [-0.1, -0.05) is 18.2 Å². The molecule has 6 rings (SSSR count). The number of nitrogens with one attached hydrogen (secondary N) is 2.